The highest BCUT2D eigenvalue weighted by molar-refractivity contribution is 4.66. The summed E-state index contributed by atoms with van der Waals surface area (Å²) in [5, 5.41) is 34.5. The summed E-state index contributed by atoms with van der Waals surface area (Å²) in [4.78, 5) is 1.39. The molecule has 0 aliphatic heterocycles. The van der Waals surface area contributed by atoms with Crippen LogP contribution in [0.2, 0.25) is 0 Å². The van der Waals surface area contributed by atoms with Gasteiger partial charge in [-0.3, -0.25) is 4.90 Å². The maximum atomic E-state index is 8.68. The molecule has 11 heavy (non-hydrogen) atoms. The van der Waals surface area contributed by atoms with Gasteiger partial charge in [-0.25, -0.2) is 0 Å². The van der Waals surface area contributed by atoms with E-state index in [9.17, 15) is 0 Å². The Morgan fingerprint density at radius 1 is 1.00 bits per heavy atom. The number of aliphatic hydroxyl groups is 4. The second-order valence-electron chi connectivity index (χ2n) is 2.20. The van der Waals surface area contributed by atoms with Gasteiger partial charge < -0.3 is 20.4 Å². The van der Waals surface area contributed by atoms with Gasteiger partial charge in [-0.05, 0) is 0 Å². The van der Waals surface area contributed by atoms with E-state index < -0.39 is 6.04 Å². The molecular weight excluding hydrogens is 150 g/mol. The van der Waals surface area contributed by atoms with Gasteiger partial charge >= 0.3 is 0 Å². The quantitative estimate of drug-likeness (QED) is 0.329. The Hall–Kier alpha value is -0.200. The molecule has 0 aromatic carbocycles. The number of hydrogen-bond acceptors (Lipinski definition) is 5. The van der Waals surface area contributed by atoms with E-state index in [4.69, 9.17) is 20.4 Å². The molecule has 0 radical (unpaired) electrons. The molecule has 5 heteroatoms. The molecule has 68 valence electrons. The molecule has 0 fully saturated rings. The first-order valence-electron chi connectivity index (χ1n) is 3.47. The topological polar surface area (TPSA) is 84.2 Å². The molecule has 0 amide bonds. The van der Waals surface area contributed by atoms with Gasteiger partial charge in [0.2, 0.25) is 0 Å². The monoisotopic (exact) mass is 165 g/mol. The van der Waals surface area contributed by atoms with Crippen LogP contribution >= 0.6 is 0 Å². The van der Waals surface area contributed by atoms with Crippen molar-refractivity contribution < 1.29 is 20.4 Å². The van der Waals surface area contributed by atoms with E-state index in [-0.39, 0.29) is 33.1 Å². The minimum atomic E-state index is -0.479. The molecule has 0 bridgehead atoms. The van der Waals surface area contributed by atoms with E-state index in [1.807, 2.05) is 0 Å². The van der Waals surface area contributed by atoms with Gasteiger partial charge in [0.1, 0.15) is 0 Å². The summed E-state index contributed by atoms with van der Waals surface area (Å²) in [5.74, 6) is 0. The lowest BCUT2D eigenvalue weighted by Gasteiger charge is -2.25. The fourth-order valence-electron chi connectivity index (χ4n) is 0.786. The molecule has 0 aromatic heterocycles. The van der Waals surface area contributed by atoms with Crippen LogP contribution in [-0.2, 0) is 0 Å². The van der Waals surface area contributed by atoms with Crippen LogP contribution in [0, 0.1) is 0 Å². The van der Waals surface area contributed by atoms with Gasteiger partial charge in [-0.2, -0.15) is 0 Å². The van der Waals surface area contributed by atoms with Crippen molar-refractivity contribution in [1.82, 2.24) is 4.90 Å². The van der Waals surface area contributed by atoms with Gasteiger partial charge in [0.05, 0.1) is 32.6 Å². The Bertz CT molecular complexity index is 86.7. The van der Waals surface area contributed by atoms with E-state index in [1.165, 1.54) is 4.90 Å². The largest absolute Gasteiger partial charge is 0.395 e. The van der Waals surface area contributed by atoms with E-state index in [1.54, 1.807) is 0 Å². The molecule has 0 rings (SSSR count). The standard InChI is InChI=1S/C6H15NO4/c8-2-1-7(5-11)6(3-9)4-10/h6,8-11H,1-5H2. The third kappa shape index (κ3) is 3.64. The normalized spacial score (nSPS) is 11.5. The molecular formula is C6H15NO4. The van der Waals surface area contributed by atoms with Crippen molar-refractivity contribution >= 4 is 0 Å². The minimum absolute atomic E-state index is 0.100. The lowest BCUT2D eigenvalue weighted by molar-refractivity contribution is 0.00465. The highest BCUT2D eigenvalue weighted by atomic mass is 16.3. The van der Waals surface area contributed by atoms with E-state index in [2.05, 4.69) is 0 Å². The predicted octanol–water partition coefficient (Wildman–Crippen LogP) is -2.42. The van der Waals surface area contributed by atoms with Gasteiger partial charge in [-0.15, -0.1) is 0 Å². The first-order valence-corrected chi connectivity index (χ1v) is 3.47. The smallest absolute Gasteiger partial charge is 0.0961 e. The zero-order valence-electron chi connectivity index (χ0n) is 6.35. The SMILES string of the molecule is OCCN(CO)C(CO)CO. The average Bonchev–Trinajstić information content (AvgIpc) is 2.05. The summed E-state index contributed by atoms with van der Waals surface area (Å²) in [5.41, 5.74) is 0. The Morgan fingerprint density at radius 2 is 1.55 bits per heavy atom. The van der Waals surface area contributed by atoms with Crippen LogP contribution in [0.25, 0.3) is 0 Å². The lowest BCUT2D eigenvalue weighted by Crippen LogP contribution is -2.42. The predicted molar refractivity (Wildman–Crippen MR) is 38.8 cm³/mol. The van der Waals surface area contributed by atoms with Crippen molar-refractivity contribution in [3.05, 3.63) is 0 Å². The van der Waals surface area contributed by atoms with Crippen LogP contribution in [0.4, 0.5) is 0 Å². The molecule has 0 saturated heterocycles. The van der Waals surface area contributed by atoms with Crippen LogP contribution < -0.4 is 0 Å². The van der Waals surface area contributed by atoms with Crippen LogP contribution in [-0.4, -0.2) is 64.5 Å². The van der Waals surface area contributed by atoms with E-state index in [0.29, 0.717) is 0 Å². The Morgan fingerprint density at radius 3 is 1.82 bits per heavy atom. The van der Waals surface area contributed by atoms with Crippen LogP contribution in [0.15, 0.2) is 0 Å². The van der Waals surface area contributed by atoms with Crippen LogP contribution in [0.3, 0.4) is 0 Å². The third-order valence-electron chi connectivity index (χ3n) is 1.51. The molecule has 5 nitrogen and oxygen atoms in total. The zero-order chi connectivity index (χ0) is 8.69. The lowest BCUT2D eigenvalue weighted by atomic mass is 10.3. The van der Waals surface area contributed by atoms with E-state index >= 15 is 0 Å². The summed E-state index contributed by atoms with van der Waals surface area (Å²) in [7, 11) is 0. The second kappa shape index (κ2) is 6.51. The molecule has 0 aliphatic carbocycles. The molecule has 0 spiro atoms. The van der Waals surface area contributed by atoms with Gasteiger partial charge in [-0.1, -0.05) is 0 Å². The number of nitrogens with zero attached hydrogens (tertiary/aromatic N) is 1. The van der Waals surface area contributed by atoms with E-state index in [0.717, 1.165) is 0 Å². The minimum Gasteiger partial charge on any atom is -0.395 e. The number of rotatable bonds is 6. The first-order chi connectivity index (χ1) is 5.29. The Labute approximate surface area is 65.5 Å². The van der Waals surface area contributed by atoms with Crippen LogP contribution in [0.5, 0.6) is 0 Å². The molecule has 0 heterocycles. The Kier molecular flexibility index (Phi) is 6.39. The van der Waals surface area contributed by atoms with Crippen molar-refractivity contribution in [3.8, 4) is 0 Å². The zero-order valence-corrected chi connectivity index (χ0v) is 6.35. The maximum Gasteiger partial charge on any atom is 0.0961 e. The van der Waals surface area contributed by atoms with Gasteiger partial charge in [0.15, 0.2) is 0 Å². The summed E-state index contributed by atoms with van der Waals surface area (Å²) in [6.45, 7) is -0.570. The second-order valence-corrected chi connectivity index (χ2v) is 2.20. The van der Waals surface area contributed by atoms with Crippen molar-refractivity contribution in [2.24, 2.45) is 0 Å². The third-order valence-corrected chi connectivity index (χ3v) is 1.51. The summed E-state index contributed by atoms with van der Waals surface area (Å²) < 4.78 is 0. The summed E-state index contributed by atoms with van der Waals surface area (Å²) in [6, 6.07) is -0.479. The molecule has 0 unspecified atom stereocenters. The number of hydrogen-bond donors (Lipinski definition) is 4. The van der Waals surface area contributed by atoms with Crippen molar-refractivity contribution in [2.75, 3.05) is 33.1 Å². The summed E-state index contributed by atoms with van der Waals surface area (Å²) >= 11 is 0. The fourth-order valence-corrected chi connectivity index (χ4v) is 0.786. The number of aliphatic hydroxyl groups excluding tert-OH is 4. The van der Waals surface area contributed by atoms with Crippen LogP contribution in [0.1, 0.15) is 0 Å². The molecule has 0 saturated carbocycles. The van der Waals surface area contributed by atoms with Gasteiger partial charge in [0.25, 0.3) is 0 Å². The molecule has 0 atom stereocenters. The van der Waals surface area contributed by atoms with Crippen molar-refractivity contribution in [1.29, 1.82) is 0 Å². The Balaban J connectivity index is 3.76. The highest BCUT2D eigenvalue weighted by Crippen LogP contribution is 1.95. The summed E-state index contributed by atoms with van der Waals surface area (Å²) in [6.07, 6.45) is 0. The molecule has 0 aliphatic rings. The maximum absolute atomic E-state index is 8.68. The first kappa shape index (κ1) is 10.8. The highest BCUT2D eigenvalue weighted by Gasteiger charge is 2.14. The molecule has 4 N–H and O–H groups in total. The van der Waals surface area contributed by atoms with Crippen molar-refractivity contribution in [2.45, 2.75) is 6.04 Å². The average molecular weight is 165 g/mol. The van der Waals surface area contributed by atoms with Crippen molar-refractivity contribution in [3.63, 3.8) is 0 Å². The van der Waals surface area contributed by atoms with Gasteiger partial charge in [0, 0.05) is 6.54 Å². The molecule has 0 aromatic rings. The fraction of sp³-hybridized carbons (Fsp3) is 1.00.